The van der Waals surface area contributed by atoms with Crippen LogP contribution in [0.25, 0.3) is 11.0 Å². The maximum absolute atomic E-state index is 12.6. The highest BCUT2D eigenvalue weighted by molar-refractivity contribution is 5.91. The molecule has 6 heteroatoms. The number of aryl methyl sites for hydroxylation is 1. The summed E-state index contributed by atoms with van der Waals surface area (Å²) in [5.41, 5.74) is 2.86. The molecule has 0 aliphatic carbocycles. The smallest absolute Gasteiger partial charge is 0.292 e. The molecule has 0 unspecified atom stereocenters. The number of rotatable bonds is 3. The van der Waals surface area contributed by atoms with E-state index in [2.05, 4.69) is 27.3 Å². The summed E-state index contributed by atoms with van der Waals surface area (Å²) in [5, 5.41) is 5.03. The molecule has 0 saturated carbocycles. The van der Waals surface area contributed by atoms with Crippen LogP contribution in [-0.2, 0) is 6.42 Å². The molecule has 4 heterocycles. The van der Waals surface area contributed by atoms with Gasteiger partial charge in [0.2, 0.25) is 5.76 Å². The van der Waals surface area contributed by atoms with Gasteiger partial charge in [-0.25, -0.2) is 4.98 Å². The maximum Gasteiger partial charge on any atom is 0.292 e. The van der Waals surface area contributed by atoms with E-state index in [9.17, 15) is 4.79 Å². The van der Waals surface area contributed by atoms with E-state index in [1.54, 1.807) is 12.3 Å². The van der Waals surface area contributed by atoms with Gasteiger partial charge >= 0.3 is 0 Å². The van der Waals surface area contributed by atoms with Crippen molar-refractivity contribution >= 4 is 16.9 Å². The van der Waals surface area contributed by atoms with Gasteiger partial charge in [0.1, 0.15) is 5.65 Å². The Hall–Kier alpha value is -2.63. The number of pyridine rings is 1. The van der Waals surface area contributed by atoms with Crippen molar-refractivity contribution in [2.24, 2.45) is 0 Å². The number of H-pyrrole nitrogens is 1. The maximum atomic E-state index is 12.6. The van der Waals surface area contributed by atoms with Crippen molar-refractivity contribution in [3.63, 3.8) is 0 Å². The molecule has 6 nitrogen and oxygen atoms in total. The molecule has 1 N–H and O–H groups in total. The number of carbonyl (C=O) groups is 1. The van der Waals surface area contributed by atoms with Crippen molar-refractivity contribution in [2.75, 3.05) is 13.1 Å². The molecule has 1 fully saturated rings. The lowest BCUT2D eigenvalue weighted by Gasteiger charge is -2.31. The van der Waals surface area contributed by atoms with E-state index in [1.807, 2.05) is 17.9 Å². The fourth-order valence-electron chi connectivity index (χ4n) is 3.35. The van der Waals surface area contributed by atoms with Crippen LogP contribution in [0.3, 0.4) is 0 Å². The van der Waals surface area contributed by atoms with E-state index < -0.39 is 0 Å². The van der Waals surface area contributed by atoms with Crippen LogP contribution in [0.2, 0.25) is 0 Å². The second-order valence-electron chi connectivity index (χ2n) is 6.29. The molecule has 1 atom stereocenters. The van der Waals surface area contributed by atoms with Crippen molar-refractivity contribution < 1.29 is 9.32 Å². The molecule has 124 valence electrons. The van der Waals surface area contributed by atoms with Crippen LogP contribution in [0.5, 0.6) is 0 Å². The number of aromatic nitrogens is 3. The molecule has 1 saturated heterocycles. The number of fused-ring (bicyclic) bond motifs is 1. The second kappa shape index (κ2) is 6.11. The third-order valence-corrected chi connectivity index (χ3v) is 4.69. The lowest BCUT2D eigenvalue weighted by atomic mass is 9.94. The lowest BCUT2D eigenvalue weighted by molar-refractivity contribution is 0.0664. The Labute approximate surface area is 139 Å². The quantitative estimate of drug-likeness (QED) is 0.803. The van der Waals surface area contributed by atoms with E-state index >= 15 is 0 Å². The van der Waals surface area contributed by atoms with E-state index in [0.717, 1.165) is 48.2 Å². The predicted molar refractivity (Wildman–Crippen MR) is 89.9 cm³/mol. The van der Waals surface area contributed by atoms with E-state index in [1.165, 1.54) is 0 Å². The number of nitrogens with one attached hydrogen (secondary N) is 1. The first-order chi connectivity index (χ1) is 11.7. The van der Waals surface area contributed by atoms with Crippen LogP contribution < -0.4 is 0 Å². The number of aromatic amines is 1. The molecular weight excluding hydrogens is 304 g/mol. The molecule has 0 radical (unpaired) electrons. The zero-order valence-electron chi connectivity index (χ0n) is 13.7. The highest BCUT2D eigenvalue weighted by Crippen LogP contribution is 2.29. The number of hydrogen-bond acceptors (Lipinski definition) is 4. The number of piperidine rings is 1. The molecule has 1 aliphatic rings. The van der Waals surface area contributed by atoms with Gasteiger partial charge < -0.3 is 14.4 Å². The topological polar surface area (TPSA) is 75.0 Å². The molecule has 24 heavy (non-hydrogen) atoms. The molecule has 3 aromatic heterocycles. The Morgan fingerprint density at radius 2 is 2.38 bits per heavy atom. The normalized spacial score (nSPS) is 18.2. The number of nitrogens with zero attached hydrogens (tertiary/aromatic N) is 3. The minimum absolute atomic E-state index is 0.0684. The van der Waals surface area contributed by atoms with Crippen LogP contribution in [0.1, 0.15) is 47.6 Å². The molecular formula is C18H20N4O2. The average molecular weight is 324 g/mol. The Balaban J connectivity index is 1.53. The zero-order chi connectivity index (χ0) is 16.5. The largest absolute Gasteiger partial charge is 0.351 e. The Bertz CT molecular complexity index is 834. The van der Waals surface area contributed by atoms with E-state index in [4.69, 9.17) is 4.52 Å². The first-order valence-electron chi connectivity index (χ1n) is 8.43. The van der Waals surface area contributed by atoms with Gasteiger partial charge in [-0.2, -0.15) is 0 Å². The van der Waals surface area contributed by atoms with Gasteiger partial charge in [0, 0.05) is 42.4 Å². The van der Waals surface area contributed by atoms with Gasteiger partial charge in [-0.3, -0.25) is 4.79 Å². The molecule has 4 rings (SSSR count). The summed E-state index contributed by atoms with van der Waals surface area (Å²) in [4.78, 5) is 22.3. The Morgan fingerprint density at radius 1 is 1.46 bits per heavy atom. The first kappa shape index (κ1) is 14.9. The summed E-state index contributed by atoms with van der Waals surface area (Å²) < 4.78 is 5.20. The summed E-state index contributed by atoms with van der Waals surface area (Å²) in [6.45, 7) is 3.44. The second-order valence-corrected chi connectivity index (χ2v) is 6.29. The van der Waals surface area contributed by atoms with Crippen molar-refractivity contribution in [1.82, 2.24) is 20.0 Å². The molecule has 0 bridgehead atoms. The SMILES string of the molecule is CCc1cc(C(=O)N2CCC[C@H](c3cc4cccnc4[nH]3)C2)on1. The molecule has 0 spiro atoms. The van der Waals surface area contributed by atoms with Crippen molar-refractivity contribution in [3.05, 3.63) is 47.6 Å². The summed E-state index contributed by atoms with van der Waals surface area (Å²) in [5.74, 6) is 0.567. The third kappa shape index (κ3) is 2.68. The number of amides is 1. The average Bonchev–Trinajstić information content (AvgIpc) is 3.28. The molecule has 1 aliphatic heterocycles. The van der Waals surface area contributed by atoms with Gasteiger partial charge in [0.15, 0.2) is 0 Å². The summed E-state index contributed by atoms with van der Waals surface area (Å²) >= 11 is 0. The predicted octanol–water partition coefficient (Wildman–Crippen LogP) is 3.13. The fraction of sp³-hybridized carbons (Fsp3) is 0.389. The van der Waals surface area contributed by atoms with Crippen LogP contribution >= 0.6 is 0 Å². The first-order valence-corrected chi connectivity index (χ1v) is 8.43. The lowest BCUT2D eigenvalue weighted by Crippen LogP contribution is -2.39. The van der Waals surface area contributed by atoms with E-state index in [-0.39, 0.29) is 5.91 Å². The third-order valence-electron chi connectivity index (χ3n) is 4.69. The van der Waals surface area contributed by atoms with Crippen LogP contribution in [0.15, 0.2) is 35.0 Å². The summed E-state index contributed by atoms with van der Waals surface area (Å²) in [6.07, 6.45) is 4.59. The minimum atomic E-state index is -0.0684. The van der Waals surface area contributed by atoms with Gasteiger partial charge in [-0.1, -0.05) is 12.1 Å². The van der Waals surface area contributed by atoms with Gasteiger partial charge in [-0.05, 0) is 37.5 Å². The highest BCUT2D eigenvalue weighted by Gasteiger charge is 2.28. The van der Waals surface area contributed by atoms with Gasteiger partial charge in [-0.15, -0.1) is 0 Å². The molecule has 0 aromatic carbocycles. The number of hydrogen-bond donors (Lipinski definition) is 1. The Morgan fingerprint density at radius 3 is 3.17 bits per heavy atom. The highest BCUT2D eigenvalue weighted by atomic mass is 16.5. The minimum Gasteiger partial charge on any atom is -0.351 e. The van der Waals surface area contributed by atoms with Gasteiger partial charge in [0.25, 0.3) is 5.91 Å². The standard InChI is InChI=1S/C18H20N4O2/c1-2-14-10-16(24-21-14)18(23)22-8-4-6-13(11-22)15-9-12-5-3-7-19-17(12)20-15/h3,5,7,9-10,13H,2,4,6,8,11H2,1H3,(H,19,20)/t13-/m0/s1. The van der Waals surface area contributed by atoms with Crippen LogP contribution in [0, 0.1) is 0 Å². The van der Waals surface area contributed by atoms with Crippen molar-refractivity contribution in [2.45, 2.75) is 32.1 Å². The van der Waals surface area contributed by atoms with E-state index in [0.29, 0.717) is 18.2 Å². The van der Waals surface area contributed by atoms with Crippen molar-refractivity contribution in [3.8, 4) is 0 Å². The molecule has 3 aromatic rings. The van der Waals surface area contributed by atoms with Crippen molar-refractivity contribution in [1.29, 1.82) is 0 Å². The van der Waals surface area contributed by atoms with Gasteiger partial charge in [0.05, 0.1) is 5.69 Å². The zero-order valence-corrected chi connectivity index (χ0v) is 13.7. The Kier molecular flexibility index (Phi) is 3.80. The molecule has 1 amide bonds. The number of carbonyl (C=O) groups excluding carboxylic acids is 1. The fourth-order valence-corrected chi connectivity index (χ4v) is 3.35. The summed E-state index contributed by atoms with van der Waals surface area (Å²) in [6, 6.07) is 7.88. The monoisotopic (exact) mass is 324 g/mol. The van der Waals surface area contributed by atoms with Crippen LogP contribution in [0.4, 0.5) is 0 Å². The van der Waals surface area contributed by atoms with Crippen LogP contribution in [-0.4, -0.2) is 39.0 Å². The summed E-state index contributed by atoms with van der Waals surface area (Å²) in [7, 11) is 0. The number of likely N-dealkylation sites (tertiary alicyclic amines) is 1.